The molecule has 0 fully saturated rings. The Bertz CT molecular complexity index is 225. The van der Waals surface area contributed by atoms with E-state index in [1.165, 1.54) is 19.2 Å². The molecule has 0 atom stereocenters. The van der Waals surface area contributed by atoms with Crippen molar-refractivity contribution < 1.29 is 9.50 Å². The third kappa shape index (κ3) is 3.00. The van der Waals surface area contributed by atoms with Crippen LogP contribution in [-0.2, 0) is 0 Å². The summed E-state index contributed by atoms with van der Waals surface area (Å²) >= 11 is 0. The molecule has 1 aromatic carbocycles. The summed E-state index contributed by atoms with van der Waals surface area (Å²) in [6.07, 6.45) is 0. The van der Waals surface area contributed by atoms with Crippen LogP contribution in [0.3, 0.4) is 0 Å². The Labute approximate surface area is 65.5 Å². The van der Waals surface area contributed by atoms with Gasteiger partial charge in [-0.05, 0) is 31.7 Å². The van der Waals surface area contributed by atoms with Gasteiger partial charge in [-0.1, -0.05) is 6.07 Å². The first-order valence-electron chi connectivity index (χ1n) is 3.23. The Hall–Kier alpha value is -1.09. The predicted molar refractivity (Wildman–Crippen MR) is 42.9 cm³/mol. The zero-order valence-corrected chi connectivity index (χ0v) is 6.63. The van der Waals surface area contributed by atoms with Crippen molar-refractivity contribution in [2.24, 2.45) is 5.73 Å². The van der Waals surface area contributed by atoms with Crippen LogP contribution in [0.4, 0.5) is 4.39 Å². The van der Waals surface area contributed by atoms with Gasteiger partial charge in [-0.15, -0.1) is 0 Å². The van der Waals surface area contributed by atoms with Crippen LogP contribution in [-0.4, -0.2) is 12.2 Å². The Balaban J connectivity index is 0.000000461. The minimum atomic E-state index is -0.569. The average Bonchev–Trinajstić information content (AvgIpc) is 2.02. The third-order valence-electron chi connectivity index (χ3n) is 1.10. The first-order valence-corrected chi connectivity index (χ1v) is 3.23. The maximum absolute atomic E-state index is 12.2. The van der Waals surface area contributed by atoms with E-state index in [4.69, 9.17) is 5.11 Å². The molecule has 0 heterocycles. The lowest BCUT2D eigenvalue weighted by Crippen LogP contribution is -1.75. The fourth-order valence-corrected chi connectivity index (χ4v) is 0.623. The first kappa shape index (κ1) is 9.91. The van der Waals surface area contributed by atoms with E-state index in [1.54, 1.807) is 13.0 Å². The van der Waals surface area contributed by atoms with Crippen molar-refractivity contribution in [3.05, 3.63) is 29.6 Å². The molecule has 1 rings (SSSR count). The Morgan fingerprint density at radius 1 is 1.36 bits per heavy atom. The Morgan fingerprint density at radius 3 is 2.27 bits per heavy atom. The smallest absolute Gasteiger partial charge is 0.164 e. The standard InChI is InChI=1S/C7H7FO.CH5N/c1-5-2-3-6(8)7(9)4-5;1-2/h2-4,9H,1H3;2H2,1H3. The molecule has 0 saturated carbocycles. The molecule has 0 aliphatic heterocycles. The largest absolute Gasteiger partial charge is 0.505 e. The molecule has 0 spiro atoms. The van der Waals surface area contributed by atoms with Crippen molar-refractivity contribution in [3.8, 4) is 5.75 Å². The number of hydrogen-bond acceptors (Lipinski definition) is 2. The SMILES string of the molecule is CN.Cc1ccc(F)c(O)c1. The summed E-state index contributed by atoms with van der Waals surface area (Å²) in [4.78, 5) is 0. The monoisotopic (exact) mass is 157 g/mol. The number of rotatable bonds is 0. The molecule has 0 aliphatic rings. The van der Waals surface area contributed by atoms with E-state index >= 15 is 0 Å². The minimum absolute atomic E-state index is 0.282. The molecule has 0 aliphatic carbocycles. The second kappa shape index (κ2) is 4.68. The number of nitrogens with two attached hydrogens (primary N) is 1. The molecule has 0 amide bonds. The van der Waals surface area contributed by atoms with Gasteiger partial charge in [0.25, 0.3) is 0 Å². The number of aromatic hydroxyl groups is 1. The first-order chi connectivity index (χ1) is 5.20. The maximum Gasteiger partial charge on any atom is 0.164 e. The third-order valence-corrected chi connectivity index (χ3v) is 1.10. The summed E-state index contributed by atoms with van der Waals surface area (Å²) in [7, 11) is 1.50. The highest BCUT2D eigenvalue weighted by molar-refractivity contribution is 5.27. The van der Waals surface area contributed by atoms with Gasteiger partial charge in [0.15, 0.2) is 11.6 Å². The summed E-state index contributed by atoms with van der Waals surface area (Å²) in [5.41, 5.74) is 5.36. The molecule has 0 saturated heterocycles. The van der Waals surface area contributed by atoms with Crippen LogP contribution < -0.4 is 5.73 Å². The van der Waals surface area contributed by atoms with Gasteiger partial charge in [0.2, 0.25) is 0 Å². The second-order valence-electron chi connectivity index (χ2n) is 1.95. The summed E-state index contributed by atoms with van der Waals surface area (Å²) in [6, 6.07) is 4.23. The molecule has 3 heteroatoms. The minimum Gasteiger partial charge on any atom is -0.505 e. The number of halogens is 1. The quantitative estimate of drug-likeness (QED) is 0.598. The van der Waals surface area contributed by atoms with Gasteiger partial charge in [0, 0.05) is 0 Å². The normalized spacial score (nSPS) is 8.36. The summed E-state index contributed by atoms with van der Waals surface area (Å²) in [6.45, 7) is 1.79. The molecule has 3 N–H and O–H groups in total. The van der Waals surface area contributed by atoms with Crippen molar-refractivity contribution in [2.45, 2.75) is 6.92 Å². The topological polar surface area (TPSA) is 46.2 Å². The molecule has 0 aromatic heterocycles. The van der Waals surface area contributed by atoms with Gasteiger partial charge in [-0.25, -0.2) is 4.39 Å². The van der Waals surface area contributed by atoms with Crippen LogP contribution in [0, 0.1) is 12.7 Å². The lowest BCUT2D eigenvalue weighted by molar-refractivity contribution is 0.432. The van der Waals surface area contributed by atoms with E-state index in [-0.39, 0.29) is 5.75 Å². The Kier molecular flexibility index (Phi) is 4.22. The van der Waals surface area contributed by atoms with Crippen molar-refractivity contribution in [1.29, 1.82) is 0 Å². The van der Waals surface area contributed by atoms with Crippen LogP contribution in [0.5, 0.6) is 5.75 Å². The predicted octanol–water partition coefficient (Wildman–Crippen LogP) is 1.41. The van der Waals surface area contributed by atoms with Gasteiger partial charge in [0.1, 0.15) is 0 Å². The van der Waals surface area contributed by atoms with Crippen molar-refractivity contribution in [2.75, 3.05) is 7.05 Å². The fourth-order valence-electron chi connectivity index (χ4n) is 0.623. The van der Waals surface area contributed by atoms with Crippen molar-refractivity contribution in [3.63, 3.8) is 0 Å². The Morgan fingerprint density at radius 2 is 1.91 bits per heavy atom. The highest BCUT2D eigenvalue weighted by Gasteiger charge is 1.96. The molecule has 0 radical (unpaired) electrons. The van der Waals surface area contributed by atoms with E-state index in [0.717, 1.165) is 5.56 Å². The zero-order chi connectivity index (χ0) is 8.85. The summed E-state index contributed by atoms with van der Waals surface area (Å²) in [5, 5.41) is 8.73. The van der Waals surface area contributed by atoms with Gasteiger partial charge in [0.05, 0.1) is 0 Å². The van der Waals surface area contributed by atoms with E-state index in [0.29, 0.717) is 0 Å². The van der Waals surface area contributed by atoms with Crippen LogP contribution in [0.1, 0.15) is 5.56 Å². The van der Waals surface area contributed by atoms with Crippen LogP contribution in [0.15, 0.2) is 18.2 Å². The van der Waals surface area contributed by atoms with Crippen LogP contribution >= 0.6 is 0 Å². The van der Waals surface area contributed by atoms with E-state index in [9.17, 15) is 4.39 Å². The van der Waals surface area contributed by atoms with Crippen LogP contribution in [0.2, 0.25) is 0 Å². The molecular formula is C8H12FNO. The molecule has 0 bridgehead atoms. The number of phenolic OH excluding ortho intramolecular Hbond substituents is 1. The molecule has 11 heavy (non-hydrogen) atoms. The van der Waals surface area contributed by atoms with E-state index in [1.807, 2.05) is 0 Å². The summed E-state index contributed by atoms with van der Waals surface area (Å²) in [5.74, 6) is -0.851. The molecule has 0 unspecified atom stereocenters. The zero-order valence-electron chi connectivity index (χ0n) is 6.63. The number of benzene rings is 1. The number of phenols is 1. The van der Waals surface area contributed by atoms with E-state index in [2.05, 4.69) is 5.73 Å². The molecular weight excluding hydrogens is 145 g/mol. The maximum atomic E-state index is 12.2. The van der Waals surface area contributed by atoms with E-state index < -0.39 is 5.82 Å². The number of hydrogen-bond donors (Lipinski definition) is 2. The highest BCUT2D eigenvalue weighted by atomic mass is 19.1. The second-order valence-corrected chi connectivity index (χ2v) is 1.95. The number of aryl methyl sites for hydroxylation is 1. The van der Waals surface area contributed by atoms with Gasteiger partial charge >= 0.3 is 0 Å². The molecule has 1 aromatic rings. The lowest BCUT2D eigenvalue weighted by Gasteiger charge is -1.93. The van der Waals surface area contributed by atoms with Gasteiger partial charge in [-0.3, -0.25) is 0 Å². The molecule has 62 valence electrons. The van der Waals surface area contributed by atoms with Gasteiger partial charge < -0.3 is 10.8 Å². The molecule has 2 nitrogen and oxygen atoms in total. The van der Waals surface area contributed by atoms with Crippen molar-refractivity contribution in [1.82, 2.24) is 0 Å². The highest BCUT2D eigenvalue weighted by Crippen LogP contribution is 2.15. The van der Waals surface area contributed by atoms with Gasteiger partial charge in [-0.2, -0.15) is 0 Å². The fraction of sp³-hybridized carbons (Fsp3) is 0.250. The lowest BCUT2D eigenvalue weighted by atomic mass is 10.2. The van der Waals surface area contributed by atoms with Crippen LogP contribution in [0.25, 0.3) is 0 Å². The summed E-state index contributed by atoms with van der Waals surface area (Å²) < 4.78 is 12.2. The average molecular weight is 157 g/mol. The van der Waals surface area contributed by atoms with Crippen molar-refractivity contribution >= 4 is 0 Å².